The van der Waals surface area contributed by atoms with Crippen molar-refractivity contribution in [2.24, 2.45) is 0 Å². The summed E-state index contributed by atoms with van der Waals surface area (Å²) in [4.78, 5) is 13.7. The maximum absolute atomic E-state index is 13.5. The molecule has 0 atom stereocenters. The smallest absolute Gasteiger partial charge is 0.267 e. The summed E-state index contributed by atoms with van der Waals surface area (Å²) < 4.78 is 38.1. The third kappa shape index (κ3) is 4.18. The van der Waals surface area contributed by atoms with Gasteiger partial charge in [0.05, 0.1) is 22.3 Å². The van der Waals surface area contributed by atoms with Crippen LogP contribution in [0.15, 0.2) is 88.7 Å². The average molecular weight is 434 g/mol. The van der Waals surface area contributed by atoms with Crippen molar-refractivity contribution in [2.75, 3.05) is 6.26 Å². The summed E-state index contributed by atoms with van der Waals surface area (Å²) in [5.74, 6) is -0.404. The molecule has 0 spiro atoms. The monoisotopic (exact) mass is 434 g/mol. The maximum Gasteiger partial charge on any atom is 0.279 e. The van der Waals surface area contributed by atoms with Crippen LogP contribution in [0.4, 0.5) is 4.39 Å². The van der Waals surface area contributed by atoms with Crippen LogP contribution in [-0.4, -0.2) is 24.5 Å². The number of hydrogen-bond donors (Lipinski definition) is 0. The predicted molar refractivity (Wildman–Crippen MR) is 119 cm³/mol. The average Bonchev–Trinajstić information content (AvgIpc) is 2.75. The Bertz CT molecular complexity index is 1410. The molecule has 0 N–H and O–H groups in total. The van der Waals surface area contributed by atoms with Crippen molar-refractivity contribution in [3.8, 4) is 27.9 Å². The van der Waals surface area contributed by atoms with Gasteiger partial charge in [0.15, 0.2) is 9.84 Å². The fraction of sp³-hybridized carbons (Fsp3) is 0.0833. The van der Waals surface area contributed by atoms with Gasteiger partial charge < -0.3 is 0 Å². The molecule has 5 nitrogen and oxygen atoms in total. The molecule has 0 unspecified atom stereocenters. The van der Waals surface area contributed by atoms with Gasteiger partial charge in [0, 0.05) is 11.8 Å². The van der Waals surface area contributed by atoms with E-state index in [1.807, 2.05) is 31.2 Å². The summed E-state index contributed by atoms with van der Waals surface area (Å²) >= 11 is 0. The second-order valence-corrected chi connectivity index (χ2v) is 9.30. The second-order valence-electron chi connectivity index (χ2n) is 7.29. The predicted octanol–water partition coefficient (Wildman–Crippen LogP) is 4.42. The van der Waals surface area contributed by atoms with E-state index in [-0.39, 0.29) is 10.5 Å². The number of sulfone groups is 1. The van der Waals surface area contributed by atoms with Crippen LogP contribution in [-0.2, 0) is 9.84 Å². The SMILES string of the molecule is Cc1ccc(-c2c(-c3ccc(S(C)(=O)=O)cc3)cnn(-c3ccc(F)cc3)c2=O)cc1. The number of hydrogen-bond acceptors (Lipinski definition) is 4. The Hall–Kier alpha value is -3.58. The Morgan fingerprint density at radius 1 is 0.839 bits per heavy atom. The van der Waals surface area contributed by atoms with Gasteiger partial charge in [-0.05, 0) is 54.4 Å². The molecule has 1 heterocycles. The van der Waals surface area contributed by atoms with Gasteiger partial charge in [-0.25, -0.2) is 12.8 Å². The molecule has 4 aromatic rings. The van der Waals surface area contributed by atoms with Crippen LogP contribution >= 0.6 is 0 Å². The summed E-state index contributed by atoms with van der Waals surface area (Å²) in [5.41, 5.74) is 3.50. The first-order valence-electron chi connectivity index (χ1n) is 9.50. The Labute approximate surface area is 179 Å². The number of rotatable bonds is 4. The van der Waals surface area contributed by atoms with E-state index < -0.39 is 15.7 Å². The summed E-state index contributed by atoms with van der Waals surface area (Å²) in [7, 11) is -3.34. The lowest BCUT2D eigenvalue weighted by Gasteiger charge is -2.13. The molecule has 0 aliphatic heterocycles. The molecular formula is C24H19FN2O3S. The quantitative estimate of drug-likeness (QED) is 0.477. The molecule has 0 bridgehead atoms. The lowest BCUT2D eigenvalue weighted by Crippen LogP contribution is -2.23. The molecule has 0 saturated carbocycles. The van der Waals surface area contributed by atoms with E-state index in [4.69, 9.17) is 0 Å². The van der Waals surface area contributed by atoms with Crippen molar-refractivity contribution in [3.63, 3.8) is 0 Å². The van der Waals surface area contributed by atoms with Crippen LogP contribution in [0.3, 0.4) is 0 Å². The topological polar surface area (TPSA) is 69.0 Å². The fourth-order valence-electron chi connectivity index (χ4n) is 3.32. The highest BCUT2D eigenvalue weighted by atomic mass is 32.2. The van der Waals surface area contributed by atoms with Crippen LogP contribution < -0.4 is 5.56 Å². The molecule has 0 aliphatic rings. The normalized spacial score (nSPS) is 11.5. The molecule has 7 heteroatoms. The minimum atomic E-state index is -3.34. The highest BCUT2D eigenvalue weighted by Crippen LogP contribution is 2.30. The minimum Gasteiger partial charge on any atom is -0.267 e. The Kier molecular flexibility index (Phi) is 5.29. The van der Waals surface area contributed by atoms with Crippen molar-refractivity contribution in [1.82, 2.24) is 9.78 Å². The first-order valence-corrected chi connectivity index (χ1v) is 11.4. The second kappa shape index (κ2) is 7.92. The van der Waals surface area contributed by atoms with E-state index in [1.165, 1.54) is 41.1 Å². The third-order valence-corrected chi connectivity index (χ3v) is 6.11. The van der Waals surface area contributed by atoms with E-state index in [9.17, 15) is 17.6 Å². The van der Waals surface area contributed by atoms with Gasteiger partial charge in [0.1, 0.15) is 5.82 Å². The molecule has 0 saturated heterocycles. The summed E-state index contributed by atoms with van der Waals surface area (Å²) in [6.07, 6.45) is 2.71. The number of aryl methyl sites for hydroxylation is 1. The first kappa shape index (κ1) is 20.7. The van der Waals surface area contributed by atoms with Gasteiger partial charge in [-0.3, -0.25) is 4.79 Å². The fourth-order valence-corrected chi connectivity index (χ4v) is 3.95. The van der Waals surface area contributed by atoms with Gasteiger partial charge >= 0.3 is 0 Å². The lowest BCUT2D eigenvalue weighted by molar-refractivity contribution is 0.602. The minimum absolute atomic E-state index is 0.195. The molecule has 3 aromatic carbocycles. The van der Waals surface area contributed by atoms with Crippen molar-refractivity contribution in [1.29, 1.82) is 0 Å². The van der Waals surface area contributed by atoms with Gasteiger partial charge in [0.25, 0.3) is 5.56 Å². The number of halogens is 1. The molecule has 1 aromatic heterocycles. The molecule has 156 valence electrons. The van der Waals surface area contributed by atoms with Crippen LogP contribution in [0.1, 0.15) is 5.56 Å². The summed E-state index contributed by atoms with van der Waals surface area (Å²) in [6.45, 7) is 1.96. The van der Waals surface area contributed by atoms with E-state index in [0.29, 0.717) is 27.9 Å². The van der Waals surface area contributed by atoms with Crippen LogP contribution in [0.25, 0.3) is 27.9 Å². The van der Waals surface area contributed by atoms with E-state index in [0.717, 1.165) is 11.8 Å². The van der Waals surface area contributed by atoms with Gasteiger partial charge in [-0.2, -0.15) is 9.78 Å². The van der Waals surface area contributed by atoms with Gasteiger partial charge in [-0.15, -0.1) is 0 Å². The zero-order chi connectivity index (χ0) is 22.2. The zero-order valence-electron chi connectivity index (χ0n) is 16.9. The Morgan fingerprint density at radius 2 is 1.42 bits per heavy atom. The van der Waals surface area contributed by atoms with Crippen LogP contribution in [0.5, 0.6) is 0 Å². The number of benzene rings is 3. The van der Waals surface area contributed by atoms with Crippen molar-refractivity contribution in [3.05, 3.63) is 101 Å². The van der Waals surface area contributed by atoms with E-state index in [1.54, 1.807) is 18.3 Å². The zero-order valence-corrected chi connectivity index (χ0v) is 17.7. The standard InChI is InChI=1S/C24H19FN2O3S/c1-16-3-5-18(6-4-16)23-22(17-7-13-21(14-8-17)31(2,29)30)15-26-27(24(23)28)20-11-9-19(25)10-12-20/h3-15H,1-2H3. The van der Waals surface area contributed by atoms with Crippen molar-refractivity contribution < 1.29 is 12.8 Å². The highest BCUT2D eigenvalue weighted by Gasteiger charge is 2.17. The van der Waals surface area contributed by atoms with Gasteiger partial charge in [0.2, 0.25) is 0 Å². The number of nitrogens with zero attached hydrogens (tertiary/aromatic N) is 2. The van der Waals surface area contributed by atoms with Crippen molar-refractivity contribution in [2.45, 2.75) is 11.8 Å². The van der Waals surface area contributed by atoms with Crippen LogP contribution in [0.2, 0.25) is 0 Å². The first-order chi connectivity index (χ1) is 14.7. The Morgan fingerprint density at radius 3 is 2.00 bits per heavy atom. The molecule has 0 amide bonds. The largest absolute Gasteiger partial charge is 0.279 e. The Balaban J connectivity index is 1.95. The summed E-state index contributed by atoms with van der Waals surface area (Å²) in [6, 6.07) is 19.4. The van der Waals surface area contributed by atoms with Crippen molar-refractivity contribution >= 4 is 9.84 Å². The molecular weight excluding hydrogens is 415 g/mol. The highest BCUT2D eigenvalue weighted by molar-refractivity contribution is 7.90. The van der Waals surface area contributed by atoms with Gasteiger partial charge in [-0.1, -0.05) is 42.0 Å². The molecule has 0 fully saturated rings. The number of aromatic nitrogens is 2. The van der Waals surface area contributed by atoms with Crippen LogP contribution in [0, 0.1) is 12.7 Å². The summed E-state index contributed by atoms with van der Waals surface area (Å²) in [5, 5.41) is 4.29. The maximum atomic E-state index is 13.5. The van der Waals surface area contributed by atoms with E-state index >= 15 is 0 Å². The third-order valence-electron chi connectivity index (χ3n) is 4.98. The lowest BCUT2D eigenvalue weighted by atomic mass is 9.96. The molecule has 0 radical (unpaired) electrons. The molecule has 0 aliphatic carbocycles. The van der Waals surface area contributed by atoms with E-state index in [2.05, 4.69) is 5.10 Å². The molecule has 4 rings (SSSR count). The molecule has 31 heavy (non-hydrogen) atoms.